The third-order valence-electron chi connectivity index (χ3n) is 6.38. The van der Waals surface area contributed by atoms with Crippen LogP contribution in [0, 0.1) is 19.8 Å². The topological polar surface area (TPSA) is 60.9 Å². The second-order valence-electron chi connectivity index (χ2n) is 8.29. The zero-order chi connectivity index (χ0) is 22.2. The maximum absolute atomic E-state index is 13.2. The van der Waals surface area contributed by atoms with Crippen molar-refractivity contribution in [3.8, 4) is 0 Å². The smallest absolute Gasteiger partial charge is 0.252 e. The molecule has 0 aliphatic carbocycles. The number of hydrogen-bond donors (Lipinski definition) is 0. The molecule has 2 aliphatic rings. The third kappa shape index (κ3) is 4.69. The van der Waals surface area contributed by atoms with E-state index >= 15 is 0 Å². The lowest BCUT2D eigenvalue weighted by Gasteiger charge is -2.40. The van der Waals surface area contributed by atoms with Gasteiger partial charge in [-0.15, -0.1) is 11.3 Å². The molecule has 0 saturated carbocycles. The predicted octanol–water partition coefficient (Wildman–Crippen LogP) is 3.88. The average Bonchev–Trinajstić information content (AvgIpc) is 3.23. The standard InChI is InChI=1S/C22H28BrN3O3S2/c1-16-5-3-7-19(17(16)2)24-11-13-25(14-12-24)22(27)18-6-4-10-26(15-18)31(28,29)21-9-8-20(23)30-21/h3,5,7-9,18H,4,6,10-15H2,1-2H3/t18-/m0/s1. The van der Waals surface area contributed by atoms with Gasteiger partial charge in [-0.2, -0.15) is 4.31 Å². The first-order valence-corrected chi connectivity index (χ1v) is 13.7. The number of amides is 1. The van der Waals surface area contributed by atoms with Crippen LogP contribution in [0.3, 0.4) is 0 Å². The molecule has 2 saturated heterocycles. The Labute approximate surface area is 197 Å². The summed E-state index contributed by atoms with van der Waals surface area (Å²) in [5.41, 5.74) is 3.80. The van der Waals surface area contributed by atoms with E-state index in [9.17, 15) is 13.2 Å². The van der Waals surface area contributed by atoms with Gasteiger partial charge in [0, 0.05) is 45.0 Å². The van der Waals surface area contributed by atoms with Crippen LogP contribution in [0.1, 0.15) is 24.0 Å². The van der Waals surface area contributed by atoms with E-state index in [2.05, 4.69) is 52.9 Å². The highest BCUT2D eigenvalue weighted by Gasteiger charge is 2.36. The number of thiophene rings is 1. The lowest BCUT2D eigenvalue weighted by Crippen LogP contribution is -2.53. The van der Waals surface area contributed by atoms with E-state index in [4.69, 9.17) is 0 Å². The average molecular weight is 527 g/mol. The first-order valence-electron chi connectivity index (χ1n) is 10.6. The summed E-state index contributed by atoms with van der Waals surface area (Å²) in [6, 6.07) is 9.73. The number of nitrogens with zero attached hydrogens (tertiary/aromatic N) is 3. The van der Waals surface area contributed by atoms with Crippen molar-refractivity contribution in [1.82, 2.24) is 9.21 Å². The molecule has 0 unspecified atom stereocenters. The third-order valence-corrected chi connectivity index (χ3v) is 10.3. The van der Waals surface area contributed by atoms with Crippen molar-refractivity contribution < 1.29 is 13.2 Å². The number of aryl methyl sites for hydroxylation is 1. The van der Waals surface area contributed by atoms with Crippen LogP contribution in [-0.4, -0.2) is 62.8 Å². The summed E-state index contributed by atoms with van der Waals surface area (Å²) in [7, 11) is -3.55. The fourth-order valence-corrected chi connectivity index (χ4v) is 8.12. The van der Waals surface area contributed by atoms with Gasteiger partial charge in [0.05, 0.1) is 9.70 Å². The fourth-order valence-electron chi connectivity index (χ4n) is 4.43. The van der Waals surface area contributed by atoms with Gasteiger partial charge in [0.2, 0.25) is 5.91 Å². The summed E-state index contributed by atoms with van der Waals surface area (Å²) in [6.45, 7) is 7.96. The number of sulfonamides is 1. The van der Waals surface area contributed by atoms with E-state index in [1.54, 1.807) is 12.1 Å². The molecule has 0 bridgehead atoms. The fraction of sp³-hybridized carbons (Fsp3) is 0.500. The van der Waals surface area contributed by atoms with Crippen molar-refractivity contribution in [2.45, 2.75) is 30.9 Å². The minimum Gasteiger partial charge on any atom is -0.368 e. The molecule has 1 amide bonds. The number of hydrogen-bond acceptors (Lipinski definition) is 5. The van der Waals surface area contributed by atoms with E-state index in [1.165, 1.54) is 32.5 Å². The van der Waals surface area contributed by atoms with E-state index in [-0.39, 0.29) is 18.4 Å². The summed E-state index contributed by atoms with van der Waals surface area (Å²) < 4.78 is 28.6. The Morgan fingerprint density at radius 1 is 1.06 bits per heavy atom. The highest BCUT2D eigenvalue weighted by atomic mass is 79.9. The second kappa shape index (κ2) is 9.21. The molecule has 0 N–H and O–H groups in total. The van der Waals surface area contributed by atoms with E-state index in [0.29, 0.717) is 30.3 Å². The summed E-state index contributed by atoms with van der Waals surface area (Å²) in [4.78, 5) is 17.5. The van der Waals surface area contributed by atoms with Crippen LogP contribution in [0.5, 0.6) is 0 Å². The number of anilines is 1. The Balaban J connectivity index is 1.39. The minimum atomic E-state index is -3.55. The SMILES string of the molecule is Cc1cccc(N2CCN(C(=O)[C@H]3CCCN(S(=O)(=O)c4ccc(Br)s4)C3)CC2)c1C. The normalized spacial score (nSPS) is 20.8. The van der Waals surface area contributed by atoms with Gasteiger partial charge in [-0.25, -0.2) is 8.42 Å². The Morgan fingerprint density at radius 2 is 1.81 bits per heavy atom. The van der Waals surface area contributed by atoms with Gasteiger partial charge in [0.25, 0.3) is 10.0 Å². The molecule has 31 heavy (non-hydrogen) atoms. The van der Waals surface area contributed by atoms with Crippen LogP contribution in [0.4, 0.5) is 5.69 Å². The molecular formula is C22H28BrN3O3S2. The number of rotatable bonds is 4. The molecule has 4 rings (SSSR count). The molecule has 6 nitrogen and oxygen atoms in total. The Bertz CT molecular complexity index is 1060. The minimum absolute atomic E-state index is 0.0906. The largest absolute Gasteiger partial charge is 0.368 e. The quantitative estimate of drug-likeness (QED) is 0.607. The maximum atomic E-state index is 13.2. The highest BCUT2D eigenvalue weighted by molar-refractivity contribution is 9.11. The van der Waals surface area contributed by atoms with Gasteiger partial charge in [-0.1, -0.05) is 12.1 Å². The number of piperidine rings is 1. The number of carbonyl (C=O) groups excluding carboxylic acids is 1. The van der Waals surface area contributed by atoms with Gasteiger partial charge in [0.1, 0.15) is 4.21 Å². The van der Waals surface area contributed by atoms with Crippen molar-refractivity contribution >= 4 is 48.9 Å². The van der Waals surface area contributed by atoms with Crippen molar-refractivity contribution in [1.29, 1.82) is 0 Å². The van der Waals surface area contributed by atoms with Gasteiger partial charge in [-0.3, -0.25) is 4.79 Å². The van der Waals surface area contributed by atoms with Gasteiger partial charge >= 0.3 is 0 Å². The highest BCUT2D eigenvalue weighted by Crippen LogP contribution is 2.31. The number of piperazine rings is 1. The van der Waals surface area contributed by atoms with Gasteiger partial charge in [0.15, 0.2) is 0 Å². The lowest BCUT2D eigenvalue weighted by molar-refractivity contribution is -0.137. The van der Waals surface area contributed by atoms with Crippen molar-refractivity contribution in [3.63, 3.8) is 0 Å². The Kier molecular flexibility index (Phi) is 6.76. The summed E-state index contributed by atoms with van der Waals surface area (Å²) in [6.07, 6.45) is 1.46. The zero-order valence-corrected chi connectivity index (χ0v) is 21.1. The molecule has 2 aromatic rings. The molecule has 1 atom stereocenters. The first-order chi connectivity index (χ1) is 14.8. The van der Waals surface area contributed by atoms with Crippen LogP contribution in [0.2, 0.25) is 0 Å². The molecule has 2 fully saturated rings. The maximum Gasteiger partial charge on any atom is 0.252 e. The monoisotopic (exact) mass is 525 g/mol. The summed E-state index contributed by atoms with van der Waals surface area (Å²) in [5, 5.41) is 0. The van der Waals surface area contributed by atoms with Crippen LogP contribution in [-0.2, 0) is 14.8 Å². The molecule has 1 aromatic heterocycles. The predicted molar refractivity (Wildman–Crippen MR) is 128 cm³/mol. The van der Waals surface area contributed by atoms with Gasteiger partial charge < -0.3 is 9.80 Å². The van der Waals surface area contributed by atoms with Crippen molar-refractivity contribution in [3.05, 3.63) is 45.2 Å². The van der Waals surface area contributed by atoms with Crippen molar-refractivity contribution in [2.75, 3.05) is 44.2 Å². The molecule has 0 radical (unpaired) electrons. The molecule has 1 aromatic carbocycles. The summed E-state index contributed by atoms with van der Waals surface area (Å²) >= 11 is 4.55. The zero-order valence-electron chi connectivity index (χ0n) is 17.9. The van der Waals surface area contributed by atoms with Crippen LogP contribution < -0.4 is 4.90 Å². The molecule has 0 spiro atoms. The van der Waals surface area contributed by atoms with Crippen LogP contribution >= 0.6 is 27.3 Å². The molecular weight excluding hydrogens is 498 g/mol. The Morgan fingerprint density at radius 3 is 2.48 bits per heavy atom. The summed E-state index contributed by atoms with van der Waals surface area (Å²) in [5.74, 6) is -0.174. The molecule has 3 heterocycles. The molecule has 168 valence electrons. The van der Waals surface area contributed by atoms with Crippen LogP contribution in [0.15, 0.2) is 38.3 Å². The lowest BCUT2D eigenvalue weighted by atomic mass is 9.97. The second-order valence-corrected chi connectivity index (χ2v) is 12.9. The van der Waals surface area contributed by atoms with E-state index < -0.39 is 10.0 Å². The van der Waals surface area contributed by atoms with Crippen molar-refractivity contribution in [2.24, 2.45) is 5.92 Å². The van der Waals surface area contributed by atoms with E-state index in [1.807, 2.05) is 4.90 Å². The first kappa shape index (κ1) is 22.8. The van der Waals surface area contributed by atoms with Crippen LogP contribution in [0.25, 0.3) is 0 Å². The number of benzene rings is 1. The number of carbonyl (C=O) groups is 1. The molecule has 2 aliphatic heterocycles. The van der Waals surface area contributed by atoms with E-state index in [0.717, 1.165) is 23.3 Å². The van der Waals surface area contributed by atoms with Gasteiger partial charge in [-0.05, 0) is 71.9 Å². The molecule has 9 heteroatoms. The number of halogens is 1. The Hall–Kier alpha value is -1.42.